The molecule has 52 valence electrons. The second kappa shape index (κ2) is 8.50. The van der Waals surface area contributed by atoms with Gasteiger partial charge in [-0.2, -0.15) is 4.02 Å². The third kappa shape index (κ3) is 7.50. The fourth-order valence-electron chi connectivity index (χ4n) is 0.385. The molecule has 0 fully saturated rings. The van der Waals surface area contributed by atoms with E-state index < -0.39 is 0 Å². The Hall–Kier alpha value is -0.500. The van der Waals surface area contributed by atoms with Crippen molar-refractivity contribution >= 4 is 33.5 Å². The molecule has 0 spiro atoms. The van der Waals surface area contributed by atoms with Crippen LogP contribution in [0.2, 0.25) is 0 Å². The lowest BCUT2D eigenvalue weighted by Gasteiger charge is -1.69. The van der Waals surface area contributed by atoms with E-state index in [4.69, 9.17) is 0 Å². The minimum absolute atomic E-state index is 2.00. The minimum Gasteiger partial charge on any atom is -0.152 e. The second-order valence-electron chi connectivity index (χ2n) is 1.33. The van der Waals surface area contributed by atoms with Gasteiger partial charge in [0.05, 0.1) is 21.3 Å². The van der Waals surface area contributed by atoms with Crippen molar-refractivity contribution in [2.45, 2.75) is 0 Å². The number of nitrogens with zero attached hydrogens (tertiary/aromatic N) is 1. The molecular formula is C7H6BrNS. The zero-order chi connectivity index (χ0) is 7.66. The molecule has 1 aromatic carbocycles. The van der Waals surface area contributed by atoms with Gasteiger partial charge < -0.3 is 0 Å². The van der Waals surface area contributed by atoms with Crippen LogP contribution in [0.25, 0.3) is 0 Å². The third-order valence-corrected chi connectivity index (χ3v) is 1.20. The van der Waals surface area contributed by atoms with Crippen LogP contribution in [-0.4, -0.2) is 5.16 Å². The lowest BCUT2D eigenvalue weighted by Crippen LogP contribution is -1.47. The van der Waals surface area contributed by atoms with E-state index in [9.17, 15) is 0 Å². The zero-order valence-corrected chi connectivity index (χ0v) is 7.60. The number of isothiocyanates is 1. The van der Waals surface area contributed by atoms with Gasteiger partial charge in [0.25, 0.3) is 0 Å². The summed E-state index contributed by atoms with van der Waals surface area (Å²) >= 11 is 6.75. The van der Waals surface area contributed by atoms with E-state index in [0.29, 0.717) is 0 Å². The smallest absolute Gasteiger partial charge is 0.0860 e. The maximum Gasteiger partial charge on any atom is 0.0860 e. The van der Waals surface area contributed by atoms with Crippen molar-refractivity contribution < 1.29 is 0 Å². The molecule has 1 nitrogen and oxygen atoms in total. The molecule has 0 aliphatic carbocycles. The van der Waals surface area contributed by atoms with Crippen LogP contribution in [0, 0.1) is 0 Å². The number of rotatable bonds is 0. The first-order valence-corrected chi connectivity index (χ1v) is 3.71. The molecule has 10 heavy (non-hydrogen) atoms. The second-order valence-corrected chi connectivity index (χ2v) is 1.87. The predicted molar refractivity (Wildman–Crippen MR) is 50.4 cm³/mol. The minimum atomic E-state index is 2.00. The van der Waals surface area contributed by atoms with Crippen LogP contribution in [0.4, 0.5) is 0 Å². The molecule has 0 bridgehead atoms. The highest BCUT2D eigenvalue weighted by atomic mass is 79.9. The van der Waals surface area contributed by atoms with Crippen LogP contribution in [0.5, 0.6) is 0 Å². The molecule has 0 N–H and O–H groups in total. The Labute approximate surface area is 74.1 Å². The average molecular weight is 216 g/mol. The number of hydrogen-bond donors (Lipinski definition) is 0. The largest absolute Gasteiger partial charge is 0.152 e. The van der Waals surface area contributed by atoms with Gasteiger partial charge in [-0.3, -0.25) is 0 Å². The van der Waals surface area contributed by atoms with E-state index in [2.05, 4.69) is 37.5 Å². The van der Waals surface area contributed by atoms with Gasteiger partial charge >= 0.3 is 0 Å². The van der Waals surface area contributed by atoms with Crippen LogP contribution in [0.1, 0.15) is 0 Å². The molecule has 0 aliphatic rings. The van der Waals surface area contributed by atoms with E-state index in [1.807, 2.05) is 36.4 Å². The molecule has 0 saturated heterocycles. The van der Waals surface area contributed by atoms with Crippen molar-refractivity contribution in [2.75, 3.05) is 0 Å². The van der Waals surface area contributed by atoms with Crippen LogP contribution in [0.15, 0.2) is 40.4 Å². The average Bonchev–Trinajstić information content (AvgIpc) is 2.08. The molecule has 0 aromatic heterocycles. The maximum atomic E-state index is 4.09. The van der Waals surface area contributed by atoms with Crippen molar-refractivity contribution in [1.29, 1.82) is 0 Å². The molecule has 1 aromatic rings. The van der Waals surface area contributed by atoms with Gasteiger partial charge in [0, 0.05) is 0 Å². The Balaban J connectivity index is 0.000000180. The quantitative estimate of drug-likeness (QED) is 0.479. The lowest BCUT2D eigenvalue weighted by molar-refractivity contribution is 1.72. The van der Waals surface area contributed by atoms with Crippen molar-refractivity contribution in [3.63, 3.8) is 0 Å². The molecular weight excluding hydrogens is 210 g/mol. The first-order chi connectivity index (χ1) is 4.91. The maximum absolute atomic E-state index is 4.09. The van der Waals surface area contributed by atoms with E-state index in [0.717, 1.165) is 0 Å². The van der Waals surface area contributed by atoms with Gasteiger partial charge in [-0.1, -0.05) is 36.4 Å². The summed E-state index contributed by atoms with van der Waals surface area (Å²) in [7, 11) is 0. The van der Waals surface area contributed by atoms with Crippen LogP contribution in [-0.2, 0) is 0 Å². The zero-order valence-electron chi connectivity index (χ0n) is 5.20. The third-order valence-electron chi connectivity index (χ3n) is 0.701. The Kier molecular flexibility index (Phi) is 8.07. The highest BCUT2D eigenvalue weighted by Gasteiger charge is 1.57. The van der Waals surface area contributed by atoms with E-state index in [1.165, 1.54) is 0 Å². The summed E-state index contributed by atoms with van der Waals surface area (Å²) in [4.78, 5) is 0. The van der Waals surface area contributed by atoms with Gasteiger partial charge in [0.1, 0.15) is 0 Å². The van der Waals surface area contributed by atoms with Gasteiger partial charge in [0.2, 0.25) is 0 Å². The van der Waals surface area contributed by atoms with E-state index in [1.54, 1.807) is 0 Å². The highest BCUT2D eigenvalue weighted by molar-refractivity contribution is 9.08. The first-order valence-electron chi connectivity index (χ1n) is 2.60. The van der Waals surface area contributed by atoms with E-state index in [-0.39, 0.29) is 0 Å². The topological polar surface area (TPSA) is 12.4 Å². The standard InChI is InChI=1S/C6H6.CBrNS/c1-2-4-6-5-3-1;2-3-1-4/h1-6H;. The molecule has 0 unspecified atom stereocenters. The Morgan fingerprint density at radius 3 is 1.30 bits per heavy atom. The molecule has 1 rings (SSSR count). The number of benzene rings is 1. The Morgan fingerprint density at radius 1 is 1.00 bits per heavy atom. The summed E-state index contributed by atoms with van der Waals surface area (Å²) in [5.74, 6) is 0. The monoisotopic (exact) mass is 215 g/mol. The molecule has 0 heterocycles. The molecule has 0 radical (unpaired) electrons. The van der Waals surface area contributed by atoms with Gasteiger partial charge in [-0.15, -0.1) is 0 Å². The molecule has 3 heteroatoms. The summed E-state index contributed by atoms with van der Waals surface area (Å²) in [6, 6.07) is 12.0. The highest BCUT2D eigenvalue weighted by Crippen LogP contribution is 1.79. The van der Waals surface area contributed by atoms with Crippen molar-refractivity contribution in [2.24, 2.45) is 4.02 Å². The number of thiocarbonyl (C=S) groups is 1. The lowest BCUT2D eigenvalue weighted by atomic mass is 10.4. The van der Waals surface area contributed by atoms with Crippen LogP contribution >= 0.6 is 28.4 Å². The SMILES string of the molecule is S=C=NBr.c1ccccc1. The molecule has 0 amide bonds. The Morgan fingerprint density at radius 2 is 1.20 bits per heavy atom. The fourth-order valence-corrected chi connectivity index (χ4v) is 0.385. The summed E-state index contributed by atoms with van der Waals surface area (Å²) in [5.41, 5.74) is 0. The Bertz CT molecular complexity index is 167. The van der Waals surface area contributed by atoms with Crippen LogP contribution in [0.3, 0.4) is 0 Å². The van der Waals surface area contributed by atoms with E-state index >= 15 is 0 Å². The fraction of sp³-hybridized carbons (Fsp3) is 0. The first kappa shape index (κ1) is 9.50. The van der Waals surface area contributed by atoms with Crippen molar-refractivity contribution in [1.82, 2.24) is 0 Å². The van der Waals surface area contributed by atoms with Crippen molar-refractivity contribution in [3.8, 4) is 0 Å². The number of hydrogen-bond acceptors (Lipinski definition) is 2. The summed E-state index contributed by atoms with van der Waals surface area (Å²) in [6.07, 6.45) is 0. The van der Waals surface area contributed by atoms with Crippen LogP contribution < -0.4 is 0 Å². The van der Waals surface area contributed by atoms with Gasteiger partial charge in [-0.05, 0) is 12.2 Å². The molecule has 0 aliphatic heterocycles. The van der Waals surface area contributed by atoms with Gasteiger partial charge in [0.15, 0.2) is 0 Å². The van der Waals surface area contributed by atoms with Crippen molar-refractivity contribution in [3.05, 3.63) is 36.4 Å². The van der Waals surface area contributed by atoms with Gasteiger partial charge in [-0.25, -0.2) is 0 Å². The summed E-state index contributed by atoms with van der Waals surface area (Å²) in [6.45, 7) is 0. The number of halogens is 1. The summed E-state index contributed by atoms with van der Waals surface area (Å²) in [5, 5.41) is 2.06. The molecule has 0 atom stereocenters. The predicted octanol–water partition coefficient (Wildman–Crippen LogP) is 3.09. The molecule has 0 saturated carbocycles. The summed E-state index contributed by atoms with van der Waals surface area (Å²) < 4.78 is 3.11. The normalized spacial score (nSPS) is 6.50.